The molecule has 2 rings (SSSR count). The number of ether oxygens (including phenoxy) is 2. The van der Waals surface area contributed by atoms with Crippen molar-refractivity contribution >= 4 is 21.6 Å². The predicted molar refractivity (Wildman–Crippen MR) is 91.1 cm³/mol. The minimum absolute atomic E-state index is 0.0359. The summed E-state index contributed by atoms with van der Waals surface area (Å²) in [5, 5.41) is 10.3. The molecular weight excluding hydrogens is 354 g/mol. The van der Waals surface area contributed by atoms with Crippen LogP contribution >= 0.6 is 11.6 Å². The molecule has 0 aliphatic rings. The number of rotatable bonds is 7. The van der Waals surface area contributed by atoms with Crippen LogP contribution in [0.4, 0.5) is 0 Å². The summed E-state index contributed by atoms with van der Waals surface area (Å²) in [7, 11) is -0.834. The van der Waals surface area contributed by atoms with Gasteiger partial charge in [0, 0.05) is 6.54 Å². The summed E-state index contributed by atoms with van der Waals surface area (Å²) in [6.07, 6.45) is -1.05. The fraction of sp³-hybridized carbons (Fsp3) is 0.250. The molecule has 0 fully saturated rings. The molecule has 0 aliphatic heterocycles. The summed E-state index contributed by atoms with van der Waals surface area (Å²) in [4.78, 5) is -0.0359. The number of aliphatic hydroxyl groups is 1. The number of halogens is 1. The minimum atomic E-state index is -3.82. The standard InChI is InChI=1S/C16H18ClNO5S/c1-22-14-8-7-11(9-15(14)23-2)13(19)10-18-24(20,21)16-6-4-3-5-12(16)17/h3-9,13,18-19H,10H2,1-2H3. The van der Waals surface area contributed by atoms with Gasteiger partial charge in [0.25, 0.3) is 0 Å². The number of aliphatic hydroxyl groups excluding tert-OH is 1. The van der Waals surface area contributed by atoms with Crippen LogP contribution in [0.1, 0.15) is 11.7 Å². The maximum Gasteiger partial charge on any atom is 0.242 e. The topological polar surface area (TPSA) is 84.9 Å². The lowest BCUT2D eigenvalue weighted by atomic mass is 10.1. The van der Waals surface area contributed by atoms with E-state index in [1.54, 1.807) is 30.3 Å². The van der Waals surface area contributed by atoms with Crippen LogP contribution in [-0.2, 0) is 10.0 Å². The Morgan fingerprint density at radius 2 is 1.79 bits per heavy atom. The maximum absolute atomic E-state index is 12.3. The molecule has 2 aromatic rings. The van der Waals surface area contributed by atoms with Crippen LogP contribution in [0.15, 0.2) is 47.4 Å². The second-order valence-corrected chi connectivity index (χ2v) is 7.06. The van der Waals surface area contributed by atoms with Gasteiger partial charge >= 0.3 is 0 Å². The lowest BCUT2D eigenvalue weighted by Crippen LogP contribution is -2.28. The van der Waals surface area contributed by atoms with Crippen LogP contribution in [0.3, 0.4) is 0 Å². The van der Waals surface area contributed by atoms with Crippen molar-refractivity contribution in [3.63, 3.8) is 0 Å². The van der Waals surface area contributed by atoms with Gasteiger partial charge in [0.1, 0.15) is 4.90 Å². The lowest BCUT2D eigenvalue weighted by Gasteiger charge is -2.15. The fourth-order valence-corrected chi connectivity index (χ4v) is 3.66. The molecule has 0 aliphatic carbocycles. The van der Waals surface area contributed by atoms with Gasteiger partial charge in [-0.3, -0.25) is 0 Å². The first-order valence-electron chi connectivity index (χ1n) is 7.03. The van der Waals surface area contributed by atoms with Crippen molar-refractivity contribution in [3.8, 4) is 11.5 Å². The van der Waals surface area contributed by atoms with Crippen molar-refractivity contribution in [2.75, 3.05) is 20.8 Å². The molecule has 2 aromatic carbocycles. The molecule has 0 spiro atoms. The number of methoxy groups -OCH3 is 2. The van der Waals surface area contributed by atoms with Crippen molar-refractivity contribution < 1.29 is 23.0 Å². The molecule has 0 heterocycles. The Labute approximate surface area is 146 Å². The molecule has 2 N–H and O–H groups in total. The molecule has 0 amide bonds. The summed E-state index contributed by atoms with van der Waals surface area (Å²) < 4.78 is 37.2. The zero-order valence-electron chi connectivity index (χ0n) is 13.2. The molecule has 0 aromatic heterocycles. The third-order valence-corrected chi connectivity index (χ3v) is 5.31. The first kappa shape index (κ1) is 18.5. The Balaban J connectivity index is 2.13. The lowest BCUT2D eigenvalue weighted by molar-refractivity contribution is 0.181. The van der Waals surface area contributed by atoms with Crippen LogP contribution < -0.4 is 14.2 Å². The van der Waals surface area contributed by atoms with Crippen LogP contribution in [0.2, 0.25) is 5.02 Å². The highest BCUT2D eigenvalue weighted by Gasteiger charge is 2.20. The summed E-state index contributed by atoms with van der Waals surface area (Å²) in [5.41, 5.74) is 0.495. The van der Waals surface area contributed by atoms with Gasteiger partial charge < -0.3 is 14.6 Å². The van der Waals surface area contributed by atoms with E-state index in [-0.39, 0.29) is 16.5 Å². The molecule has 1 atom stereocenters. The van der Waals surface area contributed by atoms with Crippen LogP contribution in [0, 0.1) is 0 Å². The molecule has 0 saturated heterocycles. The van der Waals surface area contributed by atoms with E-state index in [0.29, 0.717) is 17.1 Å². The first-order chi connectivity index (χ1) is 11.4. The van der Waals surface area contributed by atoms with Crippen molar-refractivity contribution in [2.24, 2.45) is 0 Å². The molecule has 6 nitrogen and oxygen atoms in total. The summed E-state index contributed by atoms with van der Waals surface area (Å²) in [6, 6.07) is 11.0. The quantitative estimate of drug-likeness (QED) is 0.780. The average Bonchev–Trinajstić information content (AvgIpc) is 2.59. The van der Waals surface area contributed by atoms with E-state index in [9.17, 15) is 13.5 Å². The first-order valence-corrected chi connectivity index (χ1v) is 8.89. The van der Waals surface area contributed by atoms with E-state index in [1.807, 2.05) is 0 Å². The number of hydrogen-bond donors (Lipinski definition) is 2. The number of benzene rings is 2. The molecule has 1 unspecified atom stereocenters. The monoisotopic (exact) mass is 371 g/mol. The molecule has 0 saturated carbocycles. The van der Waals surface area contributed by atoms with Gasteiger partial charge in [-0.2, -0.15) is 0 Å². The Bertz CT molecular complexity index is 810. The number of hydrogen-bond acceptors (Lipinski definition) is 5. The second kappa shape index (κ2) is 7.85. The smallest absolute Gasteiger partial charge is 0.242 e. The normalized spacial score (nSPS) is 12.7. The van der Waals surface area contributed by atoms with Gasteiger partial charge in [-0.05, 0) is 29.8 Å². The number of nitrogens with one attached hydrogen (secondary N) is 1. The van der Waals surface area contributed by atoms with Gasteiger partial charge in [-0.25, -0.2) is 13.1 Å². The van der Waals surface area contributed by atoms with Crippen LogP contribution in [0.5, 0.6) is 11.5 Å². The second-order valence-electron chi connectivity index (χ2n) is 4.91. The fourth-order valence-electron chi connectivity index (χ4n) is 2.11. The van der Waals surface area contributed by atoms with E-state index < -0.39 is 16.1 Å². The Hall–Kier alpha value is -1.80. The van der Waals surface area contributed by atoms with Gasteiger partial charge in [-0.1, -0.05) is 29.8 Å². The zero-order valence-corrected chi connectivity index (χ0v) is 14.8. The van der Waals surface area contributed by atoms with Gasteiger partial charge in [0.2, 0.25) is 10.0 Å². The Morgan fingerprint density at radius 3 is 2.42 bits per heavy atom. The van der Waals surface area contributed by atoms with Crippen molar-refractivity contribution in [3.05, 3.63) is 53.1 Å². The third-order valence-electron chi connectivity index (χ3n) is 3.39. The zero-order chi connectivity index (χ0) is 17.7. The summed E-state index contributed by atoms with van der Waals surface area (Å²) >= 11 is 5.90. The van der Waals surface area contributed by atoms with Crippen LogP contribution in [-0.4, -0.2) is 34.3 Å². The highest BCUT2D eigenvalue weighted by Crippen LogP contribution is 2.30. The van der Waals surface area contributed by atoms with Gasteiger partial charge in [0.15, 0.2) is 11.5 Å². The Kier molecular flexibility index (Phi) is 6.06. The highest BCUT2D eigenvalue weighted by molar-refractivity contribution is 7.89. The molecule has 0 radical (unpaired) electrons. The SMILES string of the molecule is COc1ccc(C(O)CNS(=O)(=O)c2ccccc2Cl)cc1OC. The average molecular weight is 372 g/mol. The summed E-state index contributed by atoms with van der Waals surface area (Å²) in [5.74, 6) is 0.966. The van der Waals surface area contributed by atoms with Crippen molar-refractivity contribution in [1.82, 2.24) is 4.72 Å². The van der Waals surface area contributed by atoms with E-state index in [0.717, 1.165) is 0 Å². The predicted octanol–water partition coefficient (Wildman–Crippen LogP) is 2.37. The minimum Gasteiger partial charge on any atom is -0.493 e. The largest absolute Gasteiger partial charge is 0.493 e. The van der Waals surface area contributed by atoms with E-state index in [4.69, 9.17) is 21.1 Å². The van der Waals surface area contributed by atoms with E-state index in [1.165, 1.54) is 26.4 Å². The molecule has 130 valence electrons. The molecule has 24 heavy (non-hydrogen) atoms. The molecular formula is C16H18ClNO5S. The molecule has 8 heteroatoms. The van der Waals surface area contributed by atoms with E-state index in [2.05, 4.69) is 4.72 Å². The highest BCUT2D eigenvalue weighted by atomic mass is 35.5. The Morgan fingerprint density at radius 1 is 1.12 bits per heavy atom. The van der Waals surface area contributed by atoms with Crippen molar-refractivity contribution in [2.45, 2.75) is 11.0 Å². The summed E-state index contributed by atoms with van der Waals surface area (Å²) in [6.45, 7) is -0.205. The van der Waals surface area contributed by atoms with Crippen molar-refractivity contribution in [1.29, 1.82) is 0 Å². The van der Waals surface area contributed by atoms with Gasteiger partial charge in [-0.15, -0.1) is 0 Å². The van der Waals surface area contributed by atoms with Gasteiger partial charge in [0.05, 0.1) is 25.3 Å². The van der Waals surface area contributed by atoms with Crippen LogP contribution in [0.25, 0.3) is 0 Å². The number of sulfonamides is 1. The van der Waals surface area contributed by atoms with E-state index >= 15 is 0 Å². The third kappa shape index (κ3) is 4.18. The molecule has 0 bridgehead atoms. The maximum atomic E-state index is 12.3.